The standard InChI is InChI=1S/C7H11NO2S/c1-5(10)6-4-8-7(11-6)2-3-9/h4-5,9-10H,2-3H2,1H3. The van der Waals surface area contributed by atoms with Crippen LogP contribution in [0.1, 0.15) is 22.9 Å². The predicted molar refractivity (Wildman–Crippen MR) is 43.5 cm³/mol. The summed E-state index contributed by atoms with van der Waals surface area (Å²) >= 11 is 1.44. The van der Waals surface area contributed by atoms with Crippen LogP contribution in [0.25, 0.3) is 0 Å². The molecule has 0 aromatic carbocycles. The number of aliphatic hydroxyl groups excluding tert-OH is 2. The van der Waals surface area contributed by atoms with Crippen LogP contribution in [0.3, 0.4) is 0 Å². The Bertz CT molecular complexity index is 222. The van der Waals surface area contributed by atoms with Gasteiger partial charge in [-0.1, -0.05) is 0 Å². The fourth-order valence-corrected chi connectivity index (χ4v) is 1.58. The first kappa shape index (κ1) is 8.64. The SMILES string of the molecule is CC(O)c1cnc(CCO)s1. The molecule has 0 saturated carbocycles. The molecule has 3 nitrogen and oxygen atoms in total. The van der Waals surface area contributed by atoms with E-state index in [2.05, 4.69) is 4.98 Å². The van der Waals surface area contributed by atoms with E-state index in [-0.39, 0.29) is 6.61 Å². The maximum Gasteiger partial charge on any atom is 0.0951 e. The van der Waals surface area contributed by atoms with E-state index < -0.39 is 6.10 Å². The van der Waals surface area contributed by atoms with Crippen molar-refractivity contribution in [2.24, 2.45) is 0 Å². The molecule has 1 aromatic heterocycles. The molecule has 62 valence electrons. The summed E-state index contributed by atoms with van der Waals surface area (Å²) in [4.78, 5) is 4.88. The Labute approximate surface area is 69.3 Å². The molecule has 0 aliphatic heterocycles. The summed E-state index contributed by atoms with van der Waals surface area (Å²) in [6.45, 7) is 1.82. The minimum Gasteiger partial charge on any atom is -0.396 e. The molecule has 0 spiro atoms. The van der Waals surface area contributed by atoms with Crippen LogP contribution in [0, 0.1) is 0 Å². The van der Waals surface area contributed by atoms with Gasteiger partial charge >= 0.3 is 0 Å². The van der Waals surface area contributed by atoms with Gasteiger partial charge in [0.25, 0.3) is 0 Å². The average molecular weight is 173 g/mol. The van der Waals surface area contributed by atoms with Gasteiger partial charge in [-0.15, -0.1) is 11.3 Å². The molecular formula is C7H11NO2S. The predicted octanol–water partition coefficient (Wildman–Crippen LogP) is 0.731. The number of rotatable bonds is 3. The molecule has 11 heavy (non-hydrogen) atoms. The highest BCUT2D eigenvalue weighted by Crippen LogP contribution is 2.20. The van der Waals surface area contributed by atoms with E-state index in [1.54, 1.807) is 13.1 Å². The van der Waals surface area contributed by atoms with Gasteiger partial charge in [-0.3, -0.25) is 0 Å². The zero-order chi connectivity index (χ0) is 8.27. The fourth-order valence-electron chi connectivity index (χ4n) is 0.729. The quantitative estimate of drug-likeness (QED) is 0.708. The maximum atomic E-state index is 9.11. The molecule has 0 bridgehead atoms. The van der Waals surface area contributed by atoms with E-state index >= 15 is 0 Å². The molecule has 1 heterocycles. The van der Waals surface area contributed by atoms with Gasteiger partial charge in [-0.25, -0.2) is 4.98 Å². The Morgan fingerprint density at radius 2 is 2.45 bits per heavy atom. The van der Waals surface area contributed by atoms with Crippen molar-refractivity contribution in [1.82, 2.24) is 4.98 Å². The Balaban J connectivity index is 2.66. The van der Waals surface area contributed by atoms with Crippen LogP contribution < -0.4 is 0 Å². The second-order valence-corrected chi connectivity index (χ2v) is 3.45. The van der Waals surface area contributed by atoms with Crippen molar-refractivity contribution < 1.29 is 10.2 Å². The van der Waals surface area contributed by atoms with E-state index in [0.717, 1.165) is 9.88 Å². The topological polar surface area (TPSA) is 53.4 Å². The Morgan fingerprint density at radius 3 is 2.91 bits per heavy atom. The van der Waals surface area contributed by atoms with Crippen LogP contribution >= 0.6 is 11.3 Å². The van der Waals surface area contributed by atoms with Crippen molar-refractivity contribution >= 4 is 11.3 Å². The van der Waals surface area contributed by atoms with E-state index in [1.807, 2.05) is 0 Å². The number of hydrogen-bond acceptors (Lipinski definition) is 4. The fraction of sp³-hybridized carbons (Fsp3) is 0.571. The molecule has 1 unspecified atom stereocenters. The van der Waals surface area contributed by atoms with E-state index in [4.69, 9.17) is 10.2 Å². The largest absolute Gasteiger partial charge is 0.396 e. The third-order valence-electron chi connectivity index (χ3n) is 1.31. The first-order chi connectivity index (χ1) is 5.24. The van der Waals surface area contributed by atoms with Crippen molar-refractivity contribution in [3.05, 3.63) is 16.1 Å². The van der Waals surface area contributed by atoms with Crippen LogP contribution in [0.4, 0.5) is 0 Å². The van der Waals surface area contributed by atoms with Gasteiger partial charge in [0.2, 0.25) is 0 Å². The highest BCUT2D eigenvalue weighted by atomic mass is 32.1. The Kier molecular flexibility index (Phi) is 2.99. The van der Waals surface area contributed by atoms with Crippen LogP contribution in [-0.4, -0.2) is 21.8 Å². The van der Waals surface area contributed by atoms with Gasteiger partial charge < -0.3 is 10.2 Å². The summed E-state index contributed by atoms with van der Waals surface area (Å²) in [6, 6.07) is 0. The average Bonchev–Trinajstić information content (AvgIpc) is 2.37. The molecule has 0 radical (unpaired) electrons. The summed E-state index contributed by atoms with van der Waals surface area (Å²) in [5, 5.41) is 18.6. The Hall–Kier alpha value is -0.450. The molecule has 0 fully saturated rings. The summed E-state index contributed by atoms with van der Waals surface area (Å²) in [5.74, 6) is 0. The van der Waals surface area contributed by atoms with Crippen molar-refractivity contribution in [3.8, 4) is 0 Å². The molecule has 4 heteroatoms. The van der Waals surface area contributed by atoms with Crippen LogP contribution in [0.15, 0.2) is 6.20 Å². The van der Waals surface area contributed by atoms with Gasteiger partial charge in [0.1, 0.15) is 0 Å². The summed E-state index contributed by atoms with van der Waals surface area (Å²) < 4.78 is 0. The number of hydrogen-bond donors (Lipinski definition) is 2. The first-order valence-electron chi connectivity index (χ1n) is 3.47. The van der Waals surface area contributed by atoms with Crippen LogP contribution in [-0.2, 0) is 6.42 Å². The lowest BCUT2D eigenvalue weighted by atomic mass is 10.4. The molecule has 1 atom stereocenters. The number of aromatic nitrogens is 1. The summed E-state index contributed by atoms with van der Waals surface area (Å²) in [5.41, 5.74) is 0. The number of nitrogens with zero attached hydrogens (tertiary/aromatic N) is 1. The zero-order valence-electron chi connectivity index (χ0n) is 6.32. The lowest BCUT2D eigenvalue weighted by Crippen LogP contribution is -1.87. The van der Waals surface area contributed by atoms with Crippen molar-refractivity contribution in [2.45, 2.75) is 19.4 Å². The molecule has 0 amide bonds. The van der Waals surface area contributed by atoms with Crippen molar-refractivity contribution in [3.63, 3.8) is 0 Å². The molecule has 0 aliphatic carbocycles. The lowest BCUT2D eigenvalue weighted by molar-refractivity contribution is 0.203. The van der Waals surface area contributed by atoms with E-state index in [1.165, 1.54) is 11.3 Å². The third-order valence-corrected chi connectivity index (χ3v) is 2.54. The smallest absolute Gasteiger partial charge is 0.0951 e. The molecule has 2 N–H and O–H groups in total. The minimum atomic E-state index is -0.444. The van der Waals surface area contributed by atoms with Crippen LogP contribution in [0.2, 0.25) is 0 Å². The van der Waals surface area contributed by atoms with Crippen molar-refractivity contribution in [1.29, 1.82) is 0 Å². The van der Waals surface area contributed by atoms with Gasteiger partial charge in [-0.05, 0) is 6.92 Å². The highest BCUT2D eigenvalue weighted by Gasteiger charge is 2.05. The molecule has 0 aliphatic rings. The van der Waals surface area contributed by atoms with Crippen LogP contribution in [0.5, 0.6) is 0 Å². The van der Waals surface area contributed by atoms with Gasteiger partial charge in [0.15, 0.2) is 0 Å². The zero-order valence-corrected chi connectivity index (χ0v) is 7.14. The van der Waals surface area contributed by atoms with Crippen molar-refractivity contribution in [2.75, 3.05) is 6.61 Å². The molecular weight excluding hydrogens is 162 g/mol. The molecule has 0 saturated heterocycles. The maximum absolute atomic E-state index is 9.11. The highest BCUT2D eigenvalue weighted by molar-refractivity contribution is 7.11. The minimum absolute atomic E-state index is 0.118. The lowest BCUT2D eigenvalue weighted by Gasteiger charge is -1.95. The number of thiazole rings is 1. The molecule has 1 aromatic rings. The third kappa shape index (κ3) is 2.25. The summed E-state index contributed by atoms with van der Waals surface area (Å²) in [7, 11) is 0. The van der Waals surface area contributed by atoms with E-state index in [0.29, 0.717) is 6.42 Å². The Morgan fingerprint density at radius 1 is 1.73 bits per heavy atom. The monoisotopic (exact) mass is 173 g/mol. The van der Waals surface area contributed by atoms with E-state index in [9.17, 15) is 0 Å². The summed E-state index contributed by atoms with van der Waals surface area (Å²) in [6.07, 6.45) is 1.79. The normalized spacial score (nSPS) is 13.4. The first-order valence-corrected chi connectivity index (χ1v) is 4.29. The number of aliphatic hydroxyl groups is 2. The van der Waals surface area contributed by atoms with Gasteiger partial charge in [0, 0.05) is 19.2 Å². The van der Waals surface area contributed by atoms with Gasteiger partial charge in [0.05, 0.1) is 16.0 Å². The molecule has 1 rings (SSSR count). The second-order valence-electron chi connectivity index (χ2n) is 2.31. The van der Waals surface area contributed by atoms with Gasteiger partial charge in [-0.2, -0.15) is 0 Å². The second kappa shape index (κ2) is 3.80.